The van der Waals surface area contributed by atoms with Crippen LogP contribution in [0.1, 0.15) is 23.7 Å². The number of piperidine rings is 1. The number of likely N-dealkylation sites (N-methyl/N-ethyl adjacent to an activating group) is 1. The third-order valence-corrected chi connectivity index (χ3v) is 4.92. The van der Waals surface area contributed by atoms with Crippen LogP contribution in [-0.2, 0) is 4.74 Å². The van der Waals surface area contributed by atoms with Crippen LogP contribution in [0.15, 0.2) is 12.1 Å². The zero-order chi connectivity index (χ0) is 16.6. The van der Waals surface area contributed by atoms with Gasteiger partial charge in [-0.15, -0.1) is 0 Å². The van der Waals surface area contributed by atoms with Gasteiger partial charge in [0.25, 0.3) is 5.91 Å². The minimum Gasteiger partial charge on any atom is -0.396 e. The Bertz CT molecular complexity index is 613. The maximum Gasteiger partial charge on any atom is 0.256 e. The standard InChI is InChI=1S/C16H21ClFN3O2/c1-2-20-4-3-14-13(9-20)21(5-6-23-14)16(22)11-7-10(17)8-12(18)15(11)19/h7-8,13-14H,2-6,9,19H2,1H3/t13-,14+/m0/s1. The molecule has 2 saturated heterocycles. The first-order chi connectivity index (χ1) is 11.0. The van der Waals surface area contributed by atoms with Crippen LogP contribution in [0.25, 0.3) is 0 Å². The quantitative estimate of drug-likeness (QED) is 0.836. The van der Waals surface area contributed by atoms with Gasteiger partial charge in [-0.1, -0.05) is 18.5 Å². The van der Waals surface area contributed by atoms with Crippen molar-refractivity contribution in [3.05, 3.63) is 28.5 Å². The number of halogens is 2. The molecule has 1 amide bonds. The average molecular weight is 342 g/mol. The molecule has 0 aromatic heterocycles. The van der Waals surface area contributed by atoms with Crippen LogP contribution in [0.3, 0.4) is 0 Å². The molecule has 3 rings (SSSR count). The van der Waals surface area contributed by atoms with Crippen molar-refractivity contribution in [1.82, 2.24) is 9.80 Å². The smallest absolute Gasteiger partial charge is 0.256 e. The zero-order valence-corrected chi connectivity index (χ0v) is 13.9. The molecule has 23 heavy (non-hydrogen) atoms. The molecule has 0 bridgehead atoms. The Morgan fingerprint density at radius 3 is 3.00 bits per heavy atom. The van der Waals surface area contributed by atoms with Crippen LogP contribution in [0, 0.1) is 5.82 Å². The number of nitrogen functional groups attached to an aromatic ring is 1. The van der Waals surface area contributed by atoms with Crippen molar-refractivity contribution in [2.24, 2.45) is 0 Å². The van der Waals surface area contributed by atoms with Crippen molar-refractivity contribution in [2.45, 2.75) is 25.5 Å². The first kappa shape index (κ1) is 16.5. The maximum absolute atomic E-state index is 13.8. The molecule has 2 atom stereocenters. The van der Waals surface area contributed by atoms with E-state index in [1.807, 2.05) is 0 Å². The van der Waals surface area contributed by atoms with Gasteiger partial charge in [0.15, 0.2) is 0 Å². The molecule has 2 heterocycles. The van der Waals surface area contributed by atoms with Crippen molar-refractivity contribution in [1.29, 1.82) is 0 Å². The van der Waals surface area contributed by atoms with Crippen LogP contribution in [0.2, 0.25) is 5.02 Å². The van der Waals surface area contributed by atoms with E-state index in [4.69, 9.17) is 22.1 Å². The molecule has 2 N–H and O–H groups in total. The number of hydrogen-bond acceptors (Lipinski definition) is 4. The van der Waals surface area contributed by atoms with Crippen LogP contribution >= 0.6 is 11.6 Å². The van der Waals surface area contributed by atoms with Gasteiger partial charge in [0, 0.05) is 24.7 Å². The molecule has 2 aliphatic heterocycles. The van der Waals surface area contributed by atoms with Crippen molar-refractivity contribution >= 4 is 23.2 Å². The Balaban J connectivity index is 1.88. The number of carbonyl (C=O) groups is 1. The number of ether oxygens (including phenoxy) is 1. The molecule has 0 spiro atoms. The van der Waals surface area contributed by atoms with E-state index in [-0.39, 0.29) is 34.3 Å². The molecule has 0 radical (unpaired) electrons. The number of nitrogens with two attached hydrogens (primary N) is 1. The summed E-state index contributed by atoms with van der Waals surface area (Å²) >= 11 is 5.89. The molecule has 126 valence electrons. The van der Waals surface area contributed by atoms with E-state index in [2.05, 4.69) is 11.8 Å². The number of fused-ring (bicyclic) bond motifs is 1. The van der Waals surface area contributed by atoms with Gasteiger partial charge in [0.2, 0.25) is 0 Å². The number of benzene rings is 1. The number of anilines is 1. The lowest BCUT2D eigenvalue weighted by atomic mass is 9.97. The number of amides is 1. The predicted octanol–water partition coefficient (Wildman–Crippen LogP) is 2.00. The highest BCUT2D eigenvalue weighted by atomic mass is 35.5. The summed E-state index contributed by atoms with van der Waals surface area (Å²) < 4.78 is 19.6. The van der Waals surface area contributed by atoms with E-state index in [1.54, 1.807) is 4.90 Å². The lowest BCUT2D eigenvalue weighted by molar-refractivity contribution is -0.0895. The predicted molar refractivity (Wildman–Crippen MR) is 87.1 cm³/mol. The summed E-state index contributed by atoms with van der Waals surface area (Å²) in [6, 6.07) is 2.52. The lowest BCUT2D eigenvalue weighted by Gasteiger charge is -2.47. The summed E-state index contributed by atoms with van der Waals surface area (Å²) in [6.07, 6.45) is 0.919. The Morgan fingerprint density at radius 1 is 1.48 bits per heavy atom. The largest absolute Gasteiger partial charge is 0.396 e. The second kappa shape index (κ2) is 6.63. The fraction of sp³-hybridized carbons (Fsp3) is 0.562. The van der Waals surface area contributed by atoms with E-state index in [0.29, 0.717) is 13.2 Å². The highest BCUT2D eigenvalue weighted by Crippen LogP contribution is 2.28. The van der Waals surface area contributed by atoms with E-state index < -0.39 is 5.82 Å². The van der Waals surface area contributed by atoms with E-state index in [9.17, 15) is 9.18 Å². The van der Waals surface area contributed by atoms with Crippen LogP contribution in [0.4, 0.5) is 10.1 Å². The Hall–Kier alpha value is -1.37. The third-order valence-electron chi connectivity index (χ3n) is 4.70. The van der Waals surface area contributed by atoms with Crippen LogP contribution in [-0.4, -0.2) is 60.6 Å². The molecule has 0 saturated carbocycles. The highest BCUT2D eigenvalue weighted by Gasteiger charge is 2.39. The number of rotatable bonds is 2. The van der Waals surface area contributed by atoms with Gasteiger partial charge in [-0.2, -0.15) is 0 Å². The molecule has 2 aliphatic rings. The molecule has 1 aromatic rings. The summed E-state index contributed by atoms with van der Waals surface area (Å²) in [7, 11) is 0. The second-order valence-corrected chi connectivity index (χ2v) is 6.44. The fourth-order valence-corrected chi connectivity index (χ4v) is 3.60. The highest BCUT2D eigenvalue weighted by molar-refractivity contribution is 6.31. The average Bonchev–Trinajstić information content (AvgIpc) is 2.56. The van der Waals surface area contributed by atoms with Crippen LogP contribution < -0.4 is 5.73 Å². The molecule has 7 heteroatoms. The van der Waals surface area contributed by atoms with Gasteiger partial charge in [-0.05, 0) is 25.1 Å². The lowest BCUT2D eigenvalue weighted by Crippen LogP contribution is -2.61. The molecule has 0 unspecified atom stereocenters. The minimum absolute atomic E-state index is 0.0285. The van der Waals surface area contributed by atoms with Gasteiger partial charge >= 0.3 is 0 Å². The van der Waals surface area contributed by atoms with Crippen molar-refractivity contribution in [3.8, 4) is 0 Å². The Labute approximate surface area is 140 Å². The SMILES string of the molecule is CCN1CC[C@H]2OCCN(C(=O)c3cc(Cl)cc(F)c3N)[C@H]2C1. The molecular formula is C16H21ClFN3O2. The summed E-state index contributed by atoms with van der Waals surface area (Å²) in [4.78, 5) is 17.0. The van der Waals surface area contributed by atoms with Crippen molar-refractivity contribution in [3.63, 3.8) is 0 Å². The summed E-state index contributed by atoms with van der Waals surface area (Å²) in [5.41, 5.74) is 5.74. The van der Waals surface area contributed by atoms with E-state index in [0.717, 1.165) is 32.1 Å². The number of nitrogens with zero attached hydrogens (tertiary/aromatic N) is 2. The number of hydrogen-bond donors (Lipinski definition) is 1. The third kappa shape index (κ3) is 3.16. The number of carbonyl (C=O) groups excluding carboxylic acids is 1. The van der Waals surface area contributed by atoms with Crippen molar-refractivity contribution < 1.29 is 13.9 Å². The molecule has 2 fully saturated rings. The monoisotopic (exact) mass is 341 g/mol. The van der Waals surface area contributed by atoms with Gasteiger partial charge in [0.1, 0.15) is 5.82 Å². The Kier molecular flexibility index (Phi) is 4.75. The van der Waals surface area contributed by atoms with E-state index >= 15 is 0 Å². The topological polar surface area (TPSA) is 58.8 Å². The summed E-state index contributed by atoms with van der Waals surface area (Å²) in [5, 5.41) is 0.170. The van der Waals surface area contributed by atoms with Crippen LogP contribution in [0.5, 0.6) is 0 Å². The summed E-state index contributed by atoms with van der Waals surface area (Å²) in [6.45, 7) is 5.72. The van der Waals surface area contributed by atoms with Gasteiger partial charge in [-0.25, -0.2) is 4.39 Å². The number of likely N-dealkylation sites (tertiary alicyclic amines) is 1. The van der Waals surface area contributed by atoms with Gasteiger partial charge < -0.3 is 20.3 Å². The summed E-state index contributed by atoms with van der Waals surface area (Å²) in [5.74, 6) is -0.940. The minimum atomic E-state index is -0.663. The molecular weight excluding hydrogens is 321 g/mol. The van der Waals surface area contributed by atoms with Gasteiger partial charge in [0.05, 0.1) is 30.0 Å². The zero-order valence-electron chi connectivity index (χ0n) is 13.1. The van der Waals surface area contributed by atoms with Gasteiger partial charge in [-0.3, -0.25) is 4.79 Å². The number of morpholine rings is 1. The fourth-order valence-electron chi connectivity index (χ4n) is 3.39. The maximum atomic E-state index is 13.8. The second-order valence-electron chi connectivity index (χ2n) is 6.01. The van der Waals surface area contributed by atoms with Crippen molar-refractivity contribution in [2.75, 3.05) is 38.5 Å². The first-order valence-electron chi connectivity index (χ1n) is 7.90. The molecule has 5 nitrogen and oxygen atoms in total. The first-order valence-corrected chi connectivity index (χ1v) is 8.28. The Morgan fingerprint density at radius 2 is 2.26 bits per heavy atom. The normalized spacial score (nSPS) is 25.3. The van der Waals surface area contributed by atoms with E-state index in [1.165, 1.54) is 6.07 Å². The molecule has 0 aliphatic carbocycles. The molecule has 1 aromatic carbocycles.